The van der Waals surface area contributed by atoms with Crippen LogP contribution in [-0.4, -0.2) is 35.7 Å². The number of ketones is 1. The van der Waals surface area contributed by atoms with Crippen molar-refractivity contribution in [1.29, 1.82) is 0 Å². The normalized spacial score (nSPS) is 10.1. The lowest BCUT2D eigenvalue weighted by atomic mass is 10.1. The van der Waals surface area contributed by atoms with Crippen molar-refractivity contribution in [2.75, 3.05) is 23.8 Å². The minimum atomic E-state index is -0.545. The average Bonchev–Trinajstić information content (AvgIpc) is 2.70. The summed E-state index contributed by atoms with van der Waals surface area (Å²) < 4.78 is 4.91. The Balaban J connectivity index is 1.67. The zero-order valence-electron chi connectivity index (χ0n) is 15.8. The number of esters is 1. The number of nitrogens with zero attached hydrogens (tertiary/aromatic N) is 1. The Morgan fingerprint density at radius 3 is 2.41 bits per heavy atom. The maximum absolute atomic E-state index is 11.8. The van der Waals surface area contributed by atoms with Crippen LogP contribution in [0.2, 0.25) is 0 Å². The van der Waals surface area contributed by atoms with Gasteiger partial charge in [-0.25, -0.2) is 0 Å². The van der Waals surface area contributed by atoms with Gasteiger partial charge in [0.15, 0.2) is 12.4 Å². The summed E-state index contributed by atoms with van der Waals surface area (Å²) in [5.41, 5.74) is 1.36. The van der Waals surface area contributed by atoms with E-state index in [0.29, 0.717) is 29.9 Å². The van der Waals surface area contributed by atoms with Crippen LogP contribution in [0.1, 0.15) is 30.1 Å². The number of nitrogens with one attached hydrogen (secondary N) is 2. The van der Waals surface area contributed by atoms with Crippen LogP contribution in [0.5, 0.6) is 0 Å². The highest BCUT2D eigenvalue weighted by Gasteiger charge is 2.12. The molecule has 0 aliphatic rings. The average molecular weight is 399 g/mol. The lowest BCUT2D eigenvalue weighted by Gasteiger charge is -2.08. The van der Waals surface area contributed by atoms with Gasteiger partial charge in [-0.1, -0.05) is 12.1 Å². The molecule has 9 nitrogen and oxygen atoms in total. The third-order valence-electron chi connectivity index (χ3n) is 3.91. The van der Waals surface area contributed by atoms with Crippen molar-refractivity contribution in [1.82, 2.24) is 0 Å². The predicted octanol–water partition coefficient (Wildman–Crippen LogP) is 3.17. The van der Waals surface area contributed by atoms with E-state index in [1.807, 2.05) is 0 Å². The van der Waals surface area contributed by atoms with Gasteiger partial charge in [-0.05, 0) is 43.7 Å². The van der Waals surface area contributed by atoms with E-state index in [0.717, 1.165) is 0 Å². The smallest absolute Gasteiger partial charge is 0.306 e. The summed E-state index contributed by atoms with van der Waals surface area (Å²) in [6, 6.07) is 12.6. The number of rotatable bonds is 10. The molecule has 0 bridgehead atoms. The standard InChI is InChI=1S/C20H21N3O6/c1-14(24)15-8-10-16(11-9-15)22-19(25)13-29-20(26)7-4-12-21-17-5-2-3-6-18(17)23(27)28/h2-3,5-6,8-11,21H,4,7,12-13H2,1H3,(H,22,25). The van der Waals surface area contributed by atoms with Crippen LogP contribution in [0.4, 0.5) is 17.1 Å². The number of hydrogen-bond donors (Lipinski definition) is 2. The molecular formula is C20H21N3O6. The van der Waals surface area contributed by atoms with Gasteiger partial charge in [-0.15, -0.1) is 0 Å². The quantitative estimate of drug-likeness (QED) is 0.206. The predicted molar refractivity (Wildman–Crippen MR) is 107 cm³/mol. The second-order valence-corrected chi connectivity index (χ2v) is 6.15. The van der Waals surface area contributed by atoms with E-state index in [9.17, 15) is 24.5 Å². The van der Waals surface area contributed by atoms with Gasteiger partial charge in [0.1, 0.15) is 5.69 Å². The first-order valence-corrected chi connectivity index (χ1v) is 8.90. The van der Waals surface area contributed by atoms with Gasteiger partial charge in [0.05, 0.1) is 4.92 Å². The first-order valence-electron chi connectivity index (χ1n) is 8.90. The van der Waals surface area contributed by atoms with Crippen LogP contribution >= 0.6 is 0 Å². The number of Topliss-reactive ketones (excluding diaryl/α,β-unsaturated/α-hetero) is 1. The molecule has 152 valence electrons. The van der Waals surface area contributed by atoms with Gasteiger partial charge >= 0.3 is 5.97 Å². The fraction of sp³-hybridized carbons (Fsp3) is 0.250. The zero-order chi connectivity index (χ0) is 21.2. The van der Waals surface area contributed by atoms with Crippen LogP contribution < -0.4 is 10.6 Å². The van der Waals surface area contributed by atoms with E-state index < -0.39 is 23.4 Å². The number of hydrogen-bond acceptors (Lipinski definition) is 7. The van der Waals surface area contributed by atoms with Crippen LogP contribution in [0.15, 0.2) is 48.5 Å². The lowest BCUT2D eigenvalue weighted by molar-refractivity contribution is -0.384. The molecule has 0 heterocycles. The number of amides is 1. The molecule has 9 heteroatoms. The second-order valence-electron chi connectivity index (χ2n) is 6.15. The van der Waals surface area contributed by atoms with Gasteiger partial charge in [-0.3, -0.25) is 24.5 Å². The molecule has 2 rings (SSSR count). The van der Waals surface area contributed by atoms with Crippen LogP contribution in [0, 0.1) is 10.1 Å². The third kappa shape index (κ3) is 7.06. The molecule has 0 saturated heterocycles. The van der Waals surface area contributed by atoms with Gasteiger partial charge in [0, 0.05) is 30.3 Å². The Bertz CT molecular complexity index is 895. The number of carbonyl (C=O) groups is 3. The highest BCUT2D eigenvalue weighted by molar-refractivity contribution is 5.96. The summed E-state index contributed by atoms with van der Waals surface area (Å²) in [4.78, 5) is 45.2. The largest absolute Gasteiger partial charge is 0.456 e. The van der Waals surface area contributed by atoms with Crippen molar-refractivity contribution < 1.29 is 24.0 Å². The number of benzene rings is 2. The van der Waals surface area contributed by atoms with Crippen LogP contribution in [0.3, 0.4) is 0 Å². The molecule has 2 N–H and O–H groups in total. The first-order chi connectivity index (χ1) is 13.9. The summed E-state index contributed by atoms with van der Waals surface area (Å²) in [5, 5.41) is 16.4. The molecule has 29 heavy (non-hydrogen) atoms. The third-order valence-corrected chi connectivity index (χ3v) is 3.91. The van der Waals surface area contributed by atoms with Gasteiger partial charge in [0.25, 0.3) is 11.6 Å². The molecule has 0 aromatic heterocycles. The topological polar surface area (TPSA) is 128 Å². The molecule has 0 radical (unpaired) electrons. The maximum atomic E-state index is 11.8. The molecule has 1 amide bonds. The molecule has 0 aliphatic carbocycles. The number of ether oxygens (including phenoxy) is 1. The fourth-order valence-corrected chi connectivity index (χ4v) is 2.44. The van der Waals surface area contributed by atoms with E-state index in [-0.39, 0.29) is 17.9 Å². The van der Waals surface area contributed by atoms with E-state index in [1.54, 1.807) is 42.5 Å². The highest BCUT2D eigenvalue weighted by atomic mass is 16.6. The van der Waals surface area contributed by atoms with Gasteiger partial charge < -0.3 is 15.4 Å². The van der Waals surface area contributed by atoms with E-state index in [1.165, 1.54) is 13.0 Å². The molecule has 2 aromatic carbocycles. The van der Waals surface area contributed by atoms with E-state index in [2.05, 4.69) is 10.6 Å². The SMILES string of the molecule is CC(=O)c1ccc(NC(=O)COC(=O)CCCNc2ccccc2[N+](=O)[O-])cc1. The Hall–Kier alpha value is -3.75. The fourth-order valence-electron chi connectivity index (χ4n) is 2.44. The molecule has 0 unspecified atom stereocenters. The summed E-state index contributed by atoms with van der Waals surface area (Å²) >= 11 is 0. The summed E-state index contributed by atoms with van der Waals surface area (Å²) in [5.74, 6) is -1.11. The number of nitro benzene ring substituents is 1. The molecule has 0 saturated carbocycles. The van der Waals surface area contributed by atoms with Crippen molar-refractivity contribution in [2.24, 2.45) is 0 Å². The summed E-state index contributed by atoms with van der Waals surface area (Å²) in [6.45, 7) is 1.36. The van der Waals surface area contributed by atoms with Crippen molar-refractivity contribution in [3.05, 3.63) is 64.2 Å². The first kappa shape index (κ1) is 21.5. The molecular weight excluding hydrogens is 378 g/mol. The lowest BCUT2D eigenvalue weighted by Crippen LogP contribution is -2.21. The van der Waals surface area contributed by atoms with E-state index in [4.69, 9.17) is 4.74 Å². The van der Waals surface area contributed by atoms with Gasteiger partial charge in [-0.2, -0.15) is 0 Å². The number of para-hydroxylation sites is 2. The van der Waals surface area contributed by atoms with Crippen molar-refractivity contribution in [3.63, 3.8) is 0 Å². The molecule has 0 fully saturated rings. The Kier molecular flexibility index (Phi) is 7.84. The Morgan fingerprint density at radius 2 is 1.76 bits per heavy atom. The zero-order valence-corrected chi connectivity index (χ0v) is 15.8. The summed E-state index contributed by atoms with van der Waals surface area (Å²) in [6.07, 6.45) is 0.452. The van der Waals surface area contributed by atoms with Crippen molar-refractivity contribution >= 4 is 34.7 Å². The number of carbonyl (C=O) groups excluding carboxylic acids is 3. The second kappa shape index (κ2) is 10.5. The molecule has 0 atom stereocenters. The molecule has 2 aromatic rings. The van der Waals surface area contributed by atoms with Crippen LogP contribution in [-0.2, 0) is 14.3 Å². The van der Waals surface area contributed by atoms with Crippen molar-refractivity contribution in [2.45, 2.75) is 19.8 Å². The number of anilines is 2. The van der Waals surface area contributed by atoms with E-state index >= 15 is 0 Å². The van der Waals surface area contributed by atoms with Crippen LogP contribution in [0.25, 0.3) is 0 Å². The van der Waals surface area contributed by atoms with Crippen molar-refractivity contribution in [3.8, 4) is 0 Å². The molecule has 0 spiro atoms. The Labute approximate surface area is 167 Å². The minimum Gasteiger partial charge on any atom is -0.456 e. The number of nitro groups is 1. The maximum Gasteiger partial charge on any atom is 0.306 e. The van der Waals surface area contributed by atoms with Gasteiger partial charge in [0.2, 0.25) is 0 Å². The Morgan fingerprint density at radius 1 is 1.07 bits per heavy atom. The highest BCUT2D eigenvalue weighted by Crippen LogP contribution is 2.22. The summed E-state index contributed by atoms with van der Waals surface area (Å²) in [7, 11) is 0. The minimum absolute atomic E-state index is 0.0388. The monoisotopic (exact) mass is 399 g/mol. The molecule has 0 aliphatic heterocycles.